The van der Waals surface area contributed by atoms with Crippen molar-refractivity contribution in [1.29, 1.82) is 0 Å². The van der Waals surface area contributed by atoms with Crippen LogP contribution in [0.5, 0.6) is 0 Å². The fourth-order valence-corrected chi connectivity index (χ4v) is 4.51. The zero-order chi connectivity index (χ0) is 27.5. The second-order valence-corrected chi connectivity index (χ2v) is 18.8. The molecule has 6 rings (SSSR count). The Labute approximate surface area is 248 Å². The largest absolute Gasteiger partial charge is 0.165 e. The molecule has 0 bridgehead atoms. The average Bonchev–Trinajstić information content (AvgIpc) is 3.51. The monoisotopic (exact) mass is 608 g/mol. The van der Waals surface area contributed by atoms with Gasteiger partial charge < -0.3 is 0 Å². The zero-order valence-electron chi connectivity index (χ0n) is 22.9. The standard InChI is InChI=1S/2C16H13.C2H6Si.CH3Cl.Zr/c2*1-12-10-14-8-5-9-15(16(14)11-12)13-6-3-2-4-7-13;1-3-2;1-2;/h2*2-11H,1H3;1-2H3;1H3;/q2*-1;;;+2. The second-order valence-electron chi connectivity index (χ2n) is 9.41. The van der Waals surface area contributed by atoms with Gasteiger partial charge in [0.1, 0.15) is 0 Å². The molecular formula is C35H35ClSiZr. The van der Waals surface area contributed by atoms with Gasteiger partial charge in [0.2, 0.25) is 0 Å². The van der Waals surface area contributed by atoms with Crippen molar-refractivity contribution in [3.05, 3.63) is 132 Å². The number of halogens is 1. The third-order valence-electron chi connectivity index (χ3n) is 5.96. The summed E-state index contributed by atoms with van der Waals surface area (Å²) in [5.41, 5.74) is 8.11. The van der Waals surface area contributed by atoms with Crippen molar-refractivity contribution in [3.8, 4) is 22.3 Å². The van der Waals surface area contributed by atoms with E-state index >= 15 is 0 Å². The molecule has 0 nitrogen and oxygen atoms in total. The number of benzene rings is 4. The first-order valence-corrected chi connectivity index (χ1v) is 19.7. The maximum atomic E-state index is 4.64. The molecule has 6 aromatic carbocycles. The molecule has 0 saturated heterocycles. The van der Waals surface area contributed by atoms with Gasteiger partial charge in [-0.05, 0) is 11.1 Å². The van der Waals surface area contributed by atoms with Gasteiger partial charge in [0, 0.05) is 6.38 Å². The van der Waals surface area contributed by atoms with Gasteiger partial charge in [-0.2, -0.15) is 12.1 Å². The van der Waals surface area contributed by atoms with E-state index in [9.17, 15) is 0 Å². The molecular weight excluding hydrogens is 575 g/mol. The normalized spacial score (nSPS) is 10.0. The number of fused-ring (bicyclic) bond motifs is 2. The predicted molar refractivity (Wildman–Crippen MR) is 169 cm³/mol. The Morgan fingerprint density at radius 1 is 0.553 bits per heavy atom. The number of rotatable bonds is 2. The van der Waals surface area contributed by atoms with E-state index in [1.165, 1.54) is 61.3 Å². The first kappa shape index (κ1) is 30.0. The molecule has 0 aliphatic rings. The van der Waals surface area contributed by atoms with Crippen LogP contribution in [0.25, 0.3) is 43.8 Å². The van der Waals surface area contributed by atoms with Crippen LogP contribution in [0.1, 0.15) is 11.1 Å². The van der Waals surface area contributed by atoms with Crippen molar-refractivity contribution < 1.29 is 23.3 Å². The van der Waals surface area contributed by atoms with Gasteiger partial charge in [-0.15, -0.1) is 80.7 Å². The van der Waals surface area contributed by atoms with Crippen molar-refractivity contribution in [2.24, 2.45) is 0 Å². The van der Waals surface area contributed by atoms with Crippen LogP contribution in [0.3, 0.4) is 0 Å². The van der Waals surface area contributed by atoms with Crippen molar-refractivity contribution in [1.82, 2.24) is 0 Å². The van der Waals surface area contributed by atoms with E-state index in [2.05, 4.69) is 160 Å². The molecule has 190 valence electrons. The number of hydrogen-bond donors (Lipinski definition) is 0. The van der Waals surface area contributed by atoms with E-state index in [1.54, 1.807) is 23.3 Å². The van der Waals surface area contributed by atoms with Gasteiger partial charge in [0.25, 0.3) is 0 Å². The molecule has 6 aromatic rings. The third-order valence-corrected chi connectivity index (χ3v) is 5.96. The Morgan fingerprint density at radius 3 is 1.24 bits per heavy atom. The van der Waals surface area contributed by atoms with Gasteiger partial charge in [-0.1, -0.05) is 97.8 Å². The predicted octanol–water partition coefficient (Wildman–Crippen LogP) is 10.7. The molecule has 38 heavy (non-hydrogen) atoms. The first-order chi connectivity index (χ1) is 18.4. The van der Waals surface area contributed by atoms with Crippen LogP contribution in [0.4, 0.5) is 0 Å². The van der Waals surface area contributed by atoms with Crippen LogP contribution >= 0.6 is 11.6 Å². The van der Waals surface area contributed by atoms with Crippen LogP contribution < -0.4 is 0 Å². The fourth-order valence-electron chi connectivity index (χ4n) is 4.51. The van der Waals surface area contributed by atoms with Crippen LogP contribution in [0.2, 0.25) is 13.1 Å². The van der Waals surface area contributed by atoms with E-state index in [-0.39, 0.29) is 5.43 Å². The Balaban J connectivity index is 0.000000175. The number of aryl methyl sites for hydroxylation is 2. The fraction of sp³-hybridized carbons (Fsp3) is 0.143. The molecule has 0 amide bonds. The van der Waals surface area contributed by atoms with Crippen LogP contribution in [-0.2, 0) is 23.3 Å². The van der Waals surface area contributed by atoms with Gasteiger partial charge in [0.15, 0.2) is 0 Å². The van der Waals surface area contributed by atoms with Crippen molar-refractivity contribution in [3.63, 3.8) is 0 Å². The van der Waals surface area contributed by atoms with Gasteiger partial charge in [-0.25, -0.2) is 0 Å². The molecule has 0 spiro atoms. The summed E-state index contributed by atoms with van der Waals surface area (Å²) >= 11 is 6.38. The molecule has 0 heterocycles. The summed E-state index contributed by atoms with van der Waals surface area (Å²) in [5.74, 6) is 0. The molecule has 0 aliphatic heterocycles. The Bertz CT molecular complexity index is 1460. The number of hydrogen-bond acceptors (Lipinski definition) is 0. The summed E-state index contributed by atoms with van der Waals surface area (Å²) in [4.78, 5) is 0. The zero-order valence-corrected chi connectivity index (χ0v) is 27.1. The van der Waals surface area contributed by atoms with Gasteiger partial charge in [0.05, 0.1) is 0 Å². The quantitative estimate of drug-likeness (QED) is 0.104. The summed E-state index contributed by atoms with van der Waals surface area (Å²) in [6.07, 6.45) is 1.47. The summed E-state index contributed by atoms with van der Waals surface area (Å²) in [6.45, 7) is 8.91. The van der Waals surface area contributed by atoms with Gasteiger partial charge in [-0.3, -0.25) is 0 Å². The minimum Gasteiger partial charge on any atom is -0.165 e. The summed E-state index contributed by atoms with van der Waals surface area (Å²) in [6, 6.07) is 43.1. The smallest absolute Gasteiger partial charge is 0.0279 e. The van der Waals surface area contributed by atoms with Crippen molar-refractivity contribution in [2.45, 2.75) is 26.9 Å². The van der Waals surface area contributed by atoms with E-state index in [4.69, 9.17) is 0 Å². The van der Waals surface area contributed by atoms with Crippen molar-refractivity contribution in [2.75, 3.05) is 6.38 Å². The maximum Gasteiger partial charge on any atom is -0.0279 e. The Morgan fingerprint density at radius 2 is 0.895 bits per heavy atom. The Hall–Kier alpha value is -2.51. The minimum atomic E-state index is 0.210. The molecule has 0 radical (unpaired) electrons. The molecule has 0 saturated carbocycles. The van der Waals surface area contributed by atoms with Crippen LogP contribution in [-0.4, -0.2) is 11.8 Å². The van der Waals surface area contributed by atoms with E-state index in [1.807, 2.05) is 0 Å². The van der Waals surface area contributed by atoms with E-state index in [0.717, 1.165) is 0 Å². The first-order valence-electron chi connectivity index (χ1n) is 12.7. The summed E-state index contributed by atoms with van der Waals surface area (Å²) in [7, 11) is 0. The minimum absolute atomic E-state index is 0.210. The Kier molecular flexibility index (Phi) is 12.0. The molecule has 0 N–H and O–H groups in total. The topological polar surface area (TPSA) is 0 Å². The maximum absolute atomic E-state index is 4.64. The van der Waals surface area contributed by atoms with Crippen molar-refractivity contribution >= 4 is 38.6 Å². The van der Waals surface area contributed by atoms with Crippen LogP contribution in [0.15, 0.2) is 121 Å². The third kappa shape index (κ3) is 8.24. The van der Waals surface area contributed by atoms with E-state index in [0.29, 0.717) is 0 Å². The average molecular weight is 610 g/mol. The molecule has 0 atom stereocenters. The molecule has 0 aromatic heterocycles. The SMILES string of the molecule is CCl.C[Si](C)=[Zr+2].Cc1cc2c(-c3ccccc3)cccc2[cH-]1.Cc1cc2c(-c3ccccc3)cccc2[cH-]1. The van der Waals surface area contributed by atoms with E-state index < -0.39 is 0 Å². The summed E-state index contributed by atoms with van der Waals surface area (Å²) < 4.78 is 0. The second kappa shape index (κ2) is 15.2. The van der Waals surface area contributed by atoms with Crippen LogP contribution in [0, 0.1) is 13.8 Å². The van der Waals surface area contributed by atoms with Gasteiger partial charge >= 0.3 is 41.9 Å². The molecule has 0 aliphatic carbocycles. The molecule has 3 heteroatoms. The number of alkyl halides is 1. The molecule has 0 fully saturated rings. The molecule has 0 unspecified atom stereocenters. The summed E-state index contributed by atoms with van der Waals surface area (Å²) in [5, 5.41) is 5.37.